The van der Waals surface area contributed by atoms with Gasteiger partial charge >= 0.3 is 0 Å². The Hall–Kier alpha value is -3.61. The summed E-state index contributed by atoms with van der Waals surface area (Å²) < 4.78 is 16.1. The van der Waals surface area contributed by atoms with Gasteiger partial charge in [0.05, 0.1) is 38.9 Å². The number of carbonyl (C=O) groups excluding carboxylic acids is 1. The van der Waals surface area contributed by atoms with Crippen LogP contribution in [0.15, 0.2) is 54.9 Å². The molecule has 0 saturated heterocycles. The molecule has 0 aliphatic carbocycles. The van der Waals surface area contributed by atoms with Gasteiger partial charge in [-0.25, -0.2) is 4.98 Å². The first kappa shape index (κ1) is 22.1. The molecule has 162 valence electrons. The second-order valence-electron chi connectivity index (χ2n) is 7.00. The number of ether oxygens (including phenoxy) is 3. The molecular formula is C24H27N3O4. The summed E-state index contributed by atoms with van der Waals surface area (Å²) in [5, 5.41) is 2.93. The number of hydrogen-bond acceptors (Lipinski definition) is 6. The fraction of sp³-hybridized carbons (Fsp3) is 0.292. The molecule has 0 fully saturated rings. The maximum absolute atomic E-state index is 12.7. The predicted molar refractivity (Wildman–Crippen MR) is 119 cm³/mol. The predicted octanol–water partition coefficient (Wildman–Crippen LogP) is 4.09. The normalized spacial score (nSPS) is 11.5. The van der Waals surface area contributed by atoms with Gasteiger partial charge in [-0.1, -0.05) is 6.92 Å². The number of benzene rings is 2. The van der Waals surface area contributed by atoms with Gasteiger partial charge in [0, 0.05) is 18.2 Å². The summed E-state index contributed by atoms with van der Waals surface area (Å²) in [4.78, 5) is 21.3. The van der Waals surface area contributed by atoms with E-state index in [1.807, 2.05) is 56.3 Å². The maximum Gasteiger partial charge on any atom is 0.271 e. The first-order chi connectivity index (χ1) is 15.0. The summed E-state index contributed by atoms with van der Waals surface area (Å²) in [7, 11) is 3.22. The van der Waals surface area contributed by atoms with Crippen LogP contribution in [0.3, 0.4) is 0 Å². The molecule has 1 N–H and O–H groups in total. The van der Waals surface area contributed by atoms with E-state index in [0.29, 0.717) is 30.3 Å². The van der Waals surface area contributed by atoms with Gasteiger partial charge in [0.25, 0.3) is 5.91 Å². The quantitative estimate of drug-likeness (QED) is 0.560. The Morgan fingerprint density at radius 3 is 2.29 bits per heavy atom. The van der Waals surface area contributed by atoms with Crippen molar-refractivity contribution in [1.82, 2.24) is 15.3 Å². The van der Waals surface area contributed by atoms with Crippen LogP contribution in [0.1, 0.15) is 35.8 Å². The Kier molecular flexibility index (Phi) is 7.43. The van der Waals surface area contributed by atoms with E-state index in [0.717, 1.165) is 16.9 Å². The molecular weight excluding hydrogens is 394 g/mol. The van der Waals surface area contributed by atoms with Crippen LogP contribution in [0.5, 0.6) is 17.2 Å². The zero-order chi connectivity index (χ0) is 22.2. The third-order valence-electron chi connectivity index (χ3n) is 4.84. The van der Waals surface area contributed by atoms with Gasteiger partial charge in [-0.15, -0.1) is 0 Å². The standard InChI is InChI=1S/C24H27N3O4/c1-5-31-19-8-6-17(7-9-19)22-14-25-15-23(27-22)24(28)26-13-16(2)18-10-20(29-3)12-21(11-18)30-4/h6-12,14-16H,5,13H2,1-4H3,(H,26,28)/t16-/m0/s1. The Morgan fingerprint density at radius 2 is 1.68 bits per heavy atom. The number of nitrogens with one attached hydrogen (secondary N) is 1. The summed E-state index contributed by atoms with van der Waals surface area (Å²) in [5.74, 6) is 1.98. The molecule has 0 aliphatic heterocycles. The molecule has 0 radical (unpaired) electrons. The minimum atomic E-state index is -0.276. The van der Waals surface area contributed by atoms with E-state index in [-0.39, 0.29) is 17.5 Å². The van der Waals surface area contributed by atoms with Crippen LogP contribution >= 0.6 is 0 Å². The van der Waals surface area contributed by atoms with Gasteiger partial charge in [0.2, 0.25) is 0 Å². The van der Waals surface area contributed by atoms with E-state index in [1.54, 1.807) is 20.4 Å². The van der Waals surface area contributed by atoms with Gasteiger partial charge in [0.1, 0.15) is 22.9 Å². The van der Waals surface area contributed by atoms with Crippen molar-refractivity contribution in [3.05, 3.63) is 66.1 Å². The van der Waals surface area contributed by atoms with Gasteiger partial charge in [-0.2, -0.15) is 0 Å². The Balaban J connectivity index is 1.68. The average Bonchev–Trinajstić information content (AvgIpc) is 2.82. The van der Waals surface area contributed by atoms with Gasteiger partial charge in [-0.3, -0.25) is 9.78 Å². The summed E-state index contributed by atoms with van der Waals surface area (Å²) in [6.07, 6.45) is 3.10. The minimum Gasteiger partial charge on any atom is -0.497 e. The van der Waals surface area contributed by atoms with Crippen LogP contribution in [0, 0.1) is 0 Å². The van der Waals surface area contributed by atoms with Crippen molar-refractivity contribution in [2.24, 2.45) is 0 Å². The molecule has 0 unspecified atom stereocenters. The first-order valence-electron chi connectivity index (χ1n) is 10.1. The van der Waals surface area contributed by atoms with E-state index < -0.39 is 0 Å². The number of hydrogen-bond donors (Lipinski definition) is 1. The lowest BCUT2D eigenvalue weighted by Gasteiger charge is -2.15. The molecule has 2 aromatic carbocycles. The monoisotopic (exact) mass is 421 g/mol. The van der Waals surface area contributed by atoms with Crippen molar-refractivity contribution in [2.45, 2.75) is 19.8 Å². The minimum absolute atomic E-state index is 0.0511. The molecule has 0 aliphatic rings. The Morgan fingerprint density at radius 1 is 1.00 bits per heavy atom. The van der Waals surface area contributed by atoms with Crippen molar-refractivity contribution in [3.63, 3.8) is 0 Å². The lowest BCUT2D eigenvalue weighted by Crippen LogP contribution is -2.28. The largest absolute Gasteiger partial charge is 0.497 e. The fourth-order valence-corrected chi connectivity index (χ4v) is 3.07. The number of aromatic nitrogens is 2. The zero-order valence-electron chi connectivity index (χ0n) is 18.2. The SMILES string of the molecule is CCOc1ccc(-c2cncc(C(=O)NC[C@H](C)c3cc(OC)cc(OC)c3)n2)cc1. The molecule has 3 aromatic rings. The molecule has 0 saturated carbocycles. The van der Waals surface area contributed by atoms with Crippen LogP contribution in [-0.2, 0) is 0 Å². The van der Waals surface area contributed by atoms with Gasteiger partial charge in [-0.05, 0) is 54.8 Å². The van der Waals surface area contributed by atoms with Crippen molar-refractivity contribution in [3.8, 4) is 28.5 Å². The molecule has 1 atom stereocenters. The summed E-state index contributed by atoms with van der Waals surface area (Å²) >= 11 is 0. The highest BCUT2D eigenvalue weighted by Gasteiger charge is 2.14. The van der Waals surface area contributed by atoms with Crippen LogP contribution in [0.4, 0.5) is 0 Å². The van der Waals surface area contributed by atoms with Gasteiger partial charge in [0.15, 0.2) is 0 Å². The van der Waals surface area contributed by atoms with E-state index in [4.69, 9.17) is 14.2 Å². The van der Waals surface area contributed by atoms with E-state index in [2.05, 4.69) is 15.3 Å². The van der Waals surface area contributed by atoms with Crippen LogP contribution in [0.2, 0.25) is 0 Å². The number of nitrogens with zero attached hydrogens (tertiary/aromatic N) is 2. The Labute approximate surface area is 182 Å². The number of carbonyl (C=O) groups is 1. The van der Waals surface area contributed by atoms with E-state index in [1.165, 1.54) is 6.20 Å². The van der Waals surface area contributed by atoms with Gasteiger partial charge < -0.3 is 19.5 Å². The van der Waals surface area contributed by atoms with Crippen molar-refractivity contribution < 1.29 is 19.0 Å². The third kappa shape index (κ3) is 5.72. The number of amides is 1. The number of rotatable bonds is 9. The zero-order valence-corrected chi connectivity index (χ0v) is 18.2. The highest BCUT2D eigenvalue weighted by Crippen LogP contribution is 2.27. The molecule has 3 rings (SSSR count). The van der Waals surface area contributed by atoms with E-state index in [9.17, 15) is 4.79 Å². The second-order valence-corrected chi connectivity index (χ2v) is 7.00. The maximum atomic E-state index is 12.7. The molecule has 1 aromatic heterocycles. The van der Waals surface area contributed by atoms with Crippen molar-refractivity contribution >= 4 is 5.91 Å². The highest BCUT2D eigenvalue weighted by atomic mass is 16.5. The average molecular weight is 421 g/mol. The molecule has 0 bridgehead atoms. The first-order valence-corrected chi connectivity index (χ1v) is 10.1. The summed E-state index contributed by atoms with van der Waals surface area (Å²) in [6, 6.07) is 13.2. The fourth-order valence-electron chi connectivity index (χ4n) is 3.07. The molecule has 1 amide bonds. The molecule has 0 spiro atoms. The van der Waals surface area contributed by atoms with E-state index >= 15 is 0 Å². The highest BCUT2D eigenvalue weighted by molar-refractivity contribution is 5.92. The van der Waals surface area contributed by atoms with Crippen LogP contribution in [0.25, 0.3) is 11.3 Å². The summed E-state index contributed by atoms with van der Waals surface area (Å²) in [6.45, 7) is 5.00. The molecule has 1 heterocycles. The third-order valence-corrected chi connectivity index (χ3v) is 4.84. The van der Waals surface area contributed by atoms with Crippen molar-refractivity contribution in [1.29, 1.82) is 0 Å². The lowest BCUT2D eigenvalue weighted by molar-refractivity contribution is 0.0946. The molecule has 7 heteroatoms. The molecule has 31 heavy (non-hydrogen) atoms. The van der Waals surface area contributed by atoms with Crippen LogP contribution < -0.4 is 19.5 Å². The Bertz CT molecular complexity index is 999. The lowest BCUT2D eigenvalue weighted by atomic mass is 10.0. The smallest absolute Gasteiger partial charge is 0.271 e. The topological polar surface area (TPSA) is 82.6 Å². The second kappa shape index (κ2) is 10.4. The number of methoxy groups -OCH3 is 2. The van der Waals surface area contributed by atoms with Crippen molar-refractivity contribution in [2.75, 3.05) is 27.4 Å². The molecule has 7 nitrogen and oxygen atoms in total. The van der Waals surface area contributed by atoms with Crippen LogP contribution in [-0.4, -0.2) is 43.2 Å². The summed E-state index contributed by atoms with van der Waals surface area (Å²) in [5.41, 5.74) is 2.76.